The van der Waals surface area contributed by atoms with Gasteiger partial charge in [-0.2, -0.15) is 0 Å². The Morgan fingerprint density at radius 2 is 1.58 bits per heavy atom. The van der Waals surface area contributed by atoms with Crippen molar-refractivity contribution < 1.29 is 5.11 Å². The van der Waals surface area contributed by atoms with E-state index in [2.05, 4.69) is 0 Å². The first-order valence-electron chi connectivity index (χ1n) is 6.41. The van der Waals surface area contributed by atoms with Crippen molar-refractivity contribution in [3.63, 3.8) is 0 Å². The molecular formula is C18H18O. The van der Waals surface area contributed by atoms with Gasteiger partial charge in [0.15, 0.2) is 0 Å². The molecule has 1 N–H and O–H groups in total. The van der Waals surface area contributed by atoms with E-state index in [1.165, 1.54) is 0 Å². The van der Waals surface area contributed by atoms with Crippen LogP contribution in [-0.2, 0) is 0 Å². The molecule has 0 amide bonds. The number of hydrogen-bond acceptors (Lipinski definition) is 1. The molecule has 2 rings (SSSR count). The third-order valence-corrected chi connectivity index (χ3v) is 3.00. The SMILES string of the molecule is Cc1ccccc1C(O)/C=C\C=C\c1ccccc1. The summed E-state index contributed by atoms with van der Waals surface area (Å²) in [5, 5.41) is 10.1. The number of rotatable bonds is 4. The third-order valence-electron chi connectivity index (χ3n) is 3.00. The number of aryl methyl sites for hydroxylation is 1. The fourth-order valence-electron chi connectivity index (χ4n) is 1.92. The molecule has 96 valence electrons. The first-order valence-corrected chi connectivity index (χ1v) is 6.41. The van der Waals surface area contributed by atoms with E-state index in [1.54, 1.807) is 6.08 Å². The van der Waals surface area contributed by atoms with Crippen LogP contribution in [-0.4, -0.2) is 5.11 Å². The van der Waals surface area contributed by atoms with Gasteiger partial charge in [0.1, 0.15) is 0 Å². The van der Waals surface area contributed by atoms with Crippen molar-refractivity contribution in [1.82, 2.24) is 0 Å². The van der Waals surface area contributed by atoms with Gasteiger partial charge in [0.25, 0.3) is 0 Å². The molecule has 0 aliphatic heterocycles. The lowest BCUT2D eigenvalue weighted by atomic mass is 10.0. The highest BCUT2D eigenvalue weighted by Gasteiger charge is 2.04. The van der Waals surface area contributed by atoms with Gasteiger partial charge in [-0.05, 0) is 23.6 Å². The molecule has 19 heavy (non-hydrogen) atoms. The van der Waals surface area contributed by atoms with Crippen LogP contribution < -0.4 is 0 Å². The van der Waals surface area contributed by atoms with E-state index in [0.717, 1.165) is 16.7 Å². The maximum Gasteiger partial charge on any atom is 0.0977 e. The molecule has 0 heterocycles. The van der Waals surface area contributed by atoms with Crippen molar-refractivity contribution in [3.8, 4) is 0 Å². The van der Waals surface area contributed by atoms with Gasteiger partial charge in [0.05, 0.1) is 6.10 Å². The smallest absolute Gasteiger partial charge is 0.0977 e. The van der Waals surface area contributed by atoms with Crippen molar-refractivity contribution >= 4 is 6.08 Å². The molecule has 0 aliphatic carbocycles. The lowest BCUT2D eigenvalue weighted by Gasteiger charge is -2.08. The van der Waals surface area contributed by atoms with E-state index < -0.39 is 6.10 Å². The summed E-state index contributed by atoms with van der Waals surface area (Å²) < 4.78 is 0. The summed E-state index contributed by atoms with van der Waals surface area (Å²) in [5.41, 5.74) is 3.20. The molecule has 1 heteroatoms. The van der Waals surface area contributed by atoms with Crippen molar-refractivity contribution in [3.05, 3.63) is 89.5 Å². The van der Waals surface area contributed by atoms with E-state index >= 15 is 0 Å². The normalized spacial score (nSPS) is 13.2. The number of allylic oxidation sites excluding steroid dienone is 2. The molecule has 0 radical (unpaired) electrons. The molecule has 2 aromatic carbocycles. The lowest BCUT2D eigenvalue weighted by molar-refractivity contribution is 0.228. The Balaban J connectivity index is 2.00. The van der Waals surface area contributed by atoms with Crippen LogP contribution in [0.4, 0.5) is 0 Å². The Morgan fingerprint density at radius 1 is 0.895 bits per heavy atom. The minimum absolute atomic E-state index is 0.554. The first kappa shape index (κ1) is 13.3. The molecule has 0 bridgehead atoms. The Labute approximate surface area is 114 Å². The minimum Gasteiger partial charge on any atom is -0.384 e. The van der Waals surface area contributed by atoms with Crippen LogP contribution in [0.1, 0.15) is 22.8 Å². The third kappa shape index (κ3) is 3.94. The zero-order chi connectivity index (χ0) is 13.5. The van der Waals surface area contributed by atoms with Gasteiger partial charge >= 0.3 is 0 Å². The second-order valence-electron chi connectivity index (χ2n) is 4.46. The molecule has 0 saturated carbocycles. The van der Waals surface area contributed by atoms with E-state index in [4.69, 9.17) is 0 Å². The Hall–Kier alpha value is -2.12. The monoisotopic (exact) mass is 250 g/mol. The fourth-order valence-corrected chi connectivity index (χ4v) is 1.92. The van der Waals surface area contributed by atoms with E-state index in [-0.39, 0.29) is 0 Å². The highest BCUT2D eigenvalue weighted by Crippen LogP contribution is 2.18. The van der Waals surface area contributed by atoms with Crippen LogP contribution in [0.15, 0.2) is 72.8 Å². The largest absolute Gasteiger partial charge is 0.384 e. The molecule has 1 unspecified atom stereocenters. The second kappa shape index (κ2) is 6.72. The van der Waals surface area contributed by atoms with Gasteiger partial charge in [-0.1, -0.05) is 78.9 Å². The maximum absolute atomic E-state index is 10.1. The van der Waals surface area contributed by atoms with Crippen LogP contribution in [0, 0.1) is 6.92 Å². The number of hydrogen-bond donors (Lipinski definition) is 1. The van der Waals surface area contributed by atoms with Crippen LogP contribution in [0.25, 0.3) is 6.08 Å². The fraction of sp³-hybridized carbons (Fsp3) is 0.111. The first-order chi connectivity index (χ1) is 9.27. The van der Waals surface area contributed by atoms with Crippen LogP contribution in [0.3, 0.4) is 0 Å². The summed E-state index contributed by atoms with van der Waals surface area (Å²) >= 11 is 0. The van der Waals surface area contributed by atoms with Gasteiger partial charge in [-0.15, -0.1) is 0 Å². The maximum atomic E-state index is 10.1. The lowest BCUT2D eigenvalue weighted by Crippen LogP contribution is -1.95. The molecule has 1 nitrogen and oxygen atoms in total. The highest BCUT2D eigenvalue weighted by molar-refractivity contribution is 5.50. The zero-order valence-electron chi connectivity index (χ0n) is 11.0. The number of benzene rings is 2. The molecule has 0 saturated heterocycles. The summed E-state index contributed by atoms with van der Waals surface area (Å²) in [6.45, 7) is 2.01. The molecular weight excluding hydrogens is 232 g/mol. The predicted octanol–water partition coefficient (Wildman–Crippen LogP) is 4.30. The van der Waals surface area contributed by atoms with E-state index in [1.807, 2.05) is 79.7 Å². The summed E-state index contributed by atoms with van der Waals surface area (Å²) in [6.07, 6.45) is 7.07. The van der Waals surface area contributed by atoms with Crippen molar-refractivity contribution in [2.24, 2.45) is 0 Å². The molecule has 0 aliphatic rings. The topological polar surface area (TPSA) is 20.2 Å². The second-order valence-corrected chi connectivity index (χ2v) is 4.46. The van der Waals surface area contributed by atoms with Crippen LogP contribution in [0.2, 0.25) is 0 Å². The molecule has 0 aromatic heterocycles. The van der Waals surface area contributed by atoms with Crippen LogP contribution >= 0.6 is 0 Å². The number of aliphatic hydroxyl groups excluding tert-OH is 1. The predicted molar refractivity (Wildman–Crippen MR) is 80.8 cm³/mol. The van der Waals surface area contributed by atoms with Crippen molar-refractivity contribution in [2.75, 3.05) is 0 Å². The van der Waals surface area contributed by atoms with E-state index in [9.17, 15) is 5.11 Å². The van der Waals surface area contributed by atoms with Gasteiger partial charge in [0, 0.05) is 0 Å². The van der Waals surface area contributed by atoms with Gasteiger partial charge in [-0.3, -0.25) is 0 Å². The average Bonchev–Trinajstić information content (AvgIpc) is 2.45. The molecule has 2 aromatic rings. The summed E-state index contributed by atoms with van der Waals surface area (Å²) in [7, 11) is 0. The van der Waals surface area contributed by atoms with Crippen molar-refractivity contribution in [2.45, 2.75) is 13.0 Å². The quantitative estimate of drug-likeness (QED) is 0.802. The zero-order valence-corrected chi connectivity index (χ0v) is 11.0. The number of aliphatic hydroxyl groups is 1. The molecule has 1 atom stereocenters. The van der Waals surface area contributed by atoms with Gasteiger partial charge in [0.2, 0.25) is 0 Å². The van der Waals surface area contributed by atoms with Crippen molar-refractivity contribution in [1.29, 1.82) is 0 Å². The highest BCUT2D eigenvalue weighted by atomic mass is 16.3. The van der Waals surface area contributed by atoms with Crippen LogP contribution in [0.5, 0.6) is 0 Å². The molecule has 0 spiro atoms. The summed E-state index contributed by atoms with van der Waals surface area (Å²) in [5.74, 6) is 0. The minimum atomic E-state index is -0.554. The van der Waals surface area contributed by atoms with Gasteiger partial charge < -0.3 is 5.11 Å². The summed E-state index contributed by atoms with van der Waals surface area (Å²) in [6, 6.07) is 18.0. The van der Waals surface area contributed by atoms with Gasteiger partial charge in [-0.25, -0.2) is 0 Å². The molecule has 0 fully saturated rings. The Morgan fingerprint density at radius 3 is 2.32 bits per heavy atom. The Bertz CT molecular complexity index is 567. The summed E-state index contributed by atoms with van der Waals surface area (Å²) in [4.78, 5) is 0. The standard InChI is InChI=1S/C18H18O/c1-15-9-5-7-13-17(15)18(19)14-8-6-12-16-10-3-2-4-11-16/h2-14,18-19H,1H3/b12-6+,14-8-. The van der Waals surface area contributed by atoms with E-state index in [0.29, 0.717) is 0 Å². The average molecular weight is 250 g/mol. The Kier molecular flexibility index (Phi) is 4.71.